The lowest BCUT2D eigenvalue weighted by Crippen LogP contribution is -2.53. The van der Waals surface area contributed by atoms with Crippen molar-refractivity contribution in [1.82, 2.24) is 0 Å². The fourth-order valence-electron chi connectivity index (χ4n) is 0.511. The molecule has 61 valence electrons. The Hall–Kier alpha value is -0.200. The molecule has 0 saturated heterocycles. The summed E-state index contributed by atoms with van der Waals surface area (Å²) in [6, 6.07) is 0. The van der Waals surface area contributed by atoms with Gasteiger partial charge in [-0.15, -0.1) is 0 Å². The third-order valence-corrected chi connectivity index (χ3v) is 1.12. The molecule has 1 radical (unpaired) electrons. The lowest BCUT2D eigenvalue weighted by Gasteiger charge is -2.27. The topological polar surface area (TPSA) is 101 Å². The van der Waals surface area contributed by atoms with Crippen LogP contribution in [0.2, 0.25) is 0 Å². The van der Waals surface area contributed by atoms with Crippen LogP contribution in [0.3, 0.4) is 0 Å². The van der Waals surface area contributed by atoms with Crippen LogP contribution in [0.4, 0.5) is 0 Å². The minimum absolute atomic E-state index is 0.276. The van der Waals surface area contributed by atoms with Crippen molar-refractivity contribution in [3.8, 4) is 0 Å². The Morgan fingerprint density at radius 3 is 1.70 bits per heavy atom. The van der Waals surface area contributed by atoms with Crippen LogP contribution in [0, 0.1) is 0 Å². The van der Waals surface area contributed by atoms with Crippen LogP contribution in [0.15, 0.2) is 0 Å². The summed E-state index contributed by atoms with van der Waals surface area (Å²) in [6.07, 6.45) is -0.0956. The van der Waals surface area contributed by atoms with Crippen LogP contribution in [-0.4, -0.2) is 32.2 Å². The second-order valence-corrected chi connectivity index (χ2v) is 2.17. The summed E-state index contributed by atoms with van der Waals surface area (Å²) >= 11 is 0. The largest absolute Gasteiger partial charge is 0.362 e. The quantitative estimate of drug-likeness (QED) is 0.370. The molecule has 0 spiro atoms. The van der Waals surface area contributed by atoms with E-state index < -0.39 is 11.8 Å². The Morgan fingerprint density at radius 1 is 1.20 bits per heavy atom. The van der Waals surface area contributed by atoms with Crippen molar-refractivity contribution < 1.29 is 25.5 Å². The monoisotopic (exact) mass is 151 g/mol. The normalized spacial score (nSPS) is 13.8. The maximum absolute atomic E-state index is 10.1. The van der Waals surface area contributed by atoms with Gasteiger partial charge in [0.15, 0.2) is 0 Å². The first kappa shape index (κ1) is 9.80. The molecule has 5 heteroatoms. The molecule has 0 aliphatic carbocycles. The van der Waals surface area contributed by atoms with Gasteiger partial charge in [-0.25, -0.2) is 0 Å². The fourth-order valence-corrected chi connectivity index (χ4v) is 0.511. The van der Waals surface area contributed by atoms with Gasteiger partial charge in [0.1, 0.15) is 0 Å². The highest BCUT2D eigenvalue weighted by molar-refractivity contribution is 4.70. The van der Waals surface area contributed by atoms with Crippen molar-refractivity contribution in [2.24, 2.45) is 0 Å². The van der Waals surface area contributed by atoms with E-state index in [1.165, 1.54) is 0 Å². The van der Waals surface area contributed by atoms with Crippen molar-refractivity contribution in [2.75, 3.05) is 0 Å². The van der Waals surface area contributed by atoms with E-state index in [2.05, 4.69) is 0 Å². The van der Waals surface area contributed by atoms with Crippen molar-refractivity contribution in [3.05, 3.63) is 0 Å². The molecule has 0 bridgehead atoms. The average molecular weight is 151 g/mol. The zero-order valence-corrected chi connectivity index (χ0v) is 5.61. The molecule has 0 saturated carbocycles. The molecule has 0 aliphatic heterocycles. The van der Waals surface area contributed by atoms with Crippen molar-refractivity contribution in [3.63, 3.8) is 0 Å². The SMILES string of the molecule is CCCC(O)(O)C([O])(O)O. The molecule has 10 heavy (non-hydrogen) atoms. The Labute approximate surface area is 58.2 Å². The summed E-state index contributed by atoms with van der Waals surface area (Å²) < 4.78 is 0. The van der Waals surface area contributed by atoms with E-state index in [0.29, 0.717) is 0 Å². The van der Waals surface area contributed by atoms with Gasteiger partial charge in [-0.05, 0) is 0 Å². The highest BCUT2D eigenvalue weighted by Crippen LogP contribution is 2.19. The van der Waals surface area contributed by atoms with Gasteiger partial charge in [-0.2, -0.15) is 5.11 Å². The van der Waals surface area contributed by atoms with E-state index in [1.54, 1.807) is 6.92 Å². The predicted octanol–water partition coefficient (Wildman–Crippen LogP) is -1.46. The molecule has 0 atom stereocenters. The van der Waals surface area contributed by atoms with E-state index in [9.17, 15) is 5.11 Å². The van der Waals surface area contributed by atoms with Crippen LogP contribution >= 0.6 is 0 Å². The summed E-state index contributed by atoms with van der Waals surface area (Å²) in [5.74, 6) is -6.65. The molecule has 0 rings (SSSR count). The standard InChI is InChI=1S/C5H11O5/c1-2-3-4(6,7)5(8,9)10/h6-9H,2-3H2,1H3. The zero-order chi connectivity index (χ0) is 8.41. The fraction of sp³-hybridized carbons (Fsp3) is 1.00. The highest BCUT2D eigenvalue weighted by atomic mass is 16.7. The summed E-state index contributed by atoms with van der Waals surface area (Å²) in [6.45, 7) is 1.58. The molecule has 0 aromatic rings. The summed E-state index contributed by atoms with van der Waals surface area (Å²) in [7, 11) is 0. The van der Waals surface area contributed by atoms with Gasteiger partial charge >= 0.3 is 5.97 Å². The van der Waals surface area contributed by atoms with E-state index in [-0.39, 0.29) is 12.8 Å². The first-order valence-corrected chi connectivity index (χ1v) is 2.91. The molecular formula is C5H11O5. The Morgan fingerprint density at radius 2 is 1.60 bits per heavy atom. The van der Waals surface area contributed by atoms with E-state index in [4.69, 9.17) is 20.4 Å². The molecule has 4 N–H and O–H groups in total. The van der Waals surface area contributed by atoms with E-state index in [0.717, 1.165) is 0 Å². The number of rotatable bonds is 3. The molecule has 0 aliphatic rings. The van der Waals surface area contributed by atoms with Crippen molar-refractivity contribution in [2.45, 2.75) is 31.5 Å². The van der Waals surface area contributed by atoms with Gasteiger partial charge in [0.25, 0.3) is 0 Å². The maximum Gasteiger partial charge on any atom is 0.362 e. The Kier molecular flexibility index (Phi) is 2.76. The maximum atomic E-state index is 10.1. The third-order valence-electron chi connectivity index (χ3n) is 1.12. The highest BCUT2D eigenvalue weighted by Gasteiger charge is 2.47. The van der Waals surface area contributed by atoms with Crippen LogP contribution in [-0.2, 0) is 5.11 Å². The molecule has 0 amide bonds. The minimum Gasteiger partial charge on any atom is -0.359 e. The van der Waals surface area contributed by atoms with Gasteiger partial charge in [-0.1, -0.05) is 13.3 Å². The van der Waals surface area contributed by atoms with Crippen LogP contribution < -0.4 is 0 Å². The third kappa shape index (κ3) is 2.20. The summed E-state index contributed by atoms with van der Waals surface area (Å²) in [4.78, 5) is 0. The molecule has 0 aromatic carbocycles. The Bertz CT molecular complexity index is 103. The number of aliphatic hydroxyl groups is 4. The van der Waals surface area contributed by atoms with Crippen molar-refractivity contribution in [1.29, 1.82) is 0 Å². The van der Waals surface area contributed by atoms with Crippen LogP contribution in [0.1, 0.15) is 19.8 Å². The van der Waals surface area contributed by atoms with Gasteiger partial charge in [0.2, 0.25) is 5.79 Å². The molecular weight excluding hydrogens is 140 g/mol. The van der Waals surface area contributed by atoms with Crippen LogP contribution in [0.25, 0.3) is 0 Å². The second kappa shape index (κ2) is 2.81. The first-order valence-electron chi connectivity index (χ1n) is 2.91. The minimum atomic E-state index is -3.69. The van der Waals surface area contributed by atoms with Gasteiger partial charge in [0.05, 0.1) is 0 Å². The average Bonchev–Trinajstić information content (AvgIpc) is 1.61. The number of hydrogen-bond acceptors (Lipinski definition) is 4. The molecule has 0 heterocycles. The molecule has 0 aromatic heterocycles. The smallest absolute Gasteiger partial charge is 0.359 e. The van der Waals surface area contributed by atoms with E-state index in [1.807, 2.05) is 0 Å². The van der Waals surface area contributed by atoms with Crippen molar-refractivity contribution >= 4 is 0 Å². The van der Waals surface area contributed by atoms with E-state index >= 15 is 0 Å². The molecule has 0 fully saturated rings. The second-order valence-electron chi connectivity index (χ2n) is 2.17. The van der Waals surface area contributed by atoms with Crippen LogP contribution in [0.5, 0.6) is 0 Å². The predicted molar refractivity (Wildman–Crippen MR) is 29.9 cm³/mol. The molecule has 5 nitrogen and oxygen atoms in total. The Balaban J connectivity index is 4.10. The first-order chi connectivity index (χ1) is 4.31. The molecule has 0 unspecified atom stereocenters. The number of hydrogen-bond donors (Lipinski definition) is 4. The lowest BCUT2D eigenvalue weighted by molar-refractivity contribution is -0.468. The zero-order valence-electron chi connectivity index (χ0n) is 5.61. The van der Waals surface area contributed by atoms with Gasteiger partial charge < -0.3 is 20.4 Å². The van der Waals surface area contributed by atoms with Gasteiger partial charge in [-0.3, -0.25) is 0 Å². The summed E-state index contributed by atoms with van der Waals surface area (Å²) in [5, 5.41) is 43.7. The van der Waals surface area contributed by atoms with Gasteiger partial charge in [0, 0.05) is 6.42 Å². The lowest BCUT2D eigenvalue weighted by atomic mass is 10.1. The summed E-state index contributed by atoms with van der Waals surface area (Å²) in [5.41, 5.74) is 0.